The quantitative estimate of drug-likeness (QED) is 0.794. The molecule has 0 N–H and O–H groups in total. The number of carbonyl (C=O) groups is 1. The lowest BCUT2D eigenvalue weighted by Gasteiger charge is -2.40. The first-order chi connectivity index (χ1) is 13.7. The summed E-state index contributed by atoms with van der Waals surface area (Å²) in [7, 11) is 0. The molecule has 3 heterocycles. The Hall–Kier alpha value is -2.14. The summed E-state index contributed by atoms with van der Waals surface area (Å²) >= 11 is 0. The normalized spacial score (nSPS) is 25.5. The molecule has 2 aromatic rings. The molecule has 0 bridgehead atoms. The molecule has 3 aliphatic rings. The van der Waals surface area contributed by atoms with Crippen molar-refractivity contribution in [1.29, 1.82) is 0 Å². The van der Waals surface area contributed by atoms with Crippen molar-refractivity contribution in [3.63, 3.8) is 0 Å². The molecule has 1 atom stereocenters. The average Bonchev–Trinajstić information content (AvgIpc) is 3.32. The van der Waals surface area contributed by atoms with Gasteiger partial charge in [-0.05, 0) is 50.6 Å². The Morgan fingerprint density at radius 3 is 2.82 bits per heavy atom. The van der Waals surface area contributed by atoms with Gasteiger partial charge in [0.2, 0.25) is 0 Å². The molecule has 1 spiro atoms. The van der Waals surface area contributed by atoms with Crippen molar-refractivity contribution in [2.75, 3.05) is 32.7 Å². The summed E-state index contributed by atoms with van der Waals surface area (Å²) in [5.41, 5.74) is 2.23. The molecule has 5 heteroatoms. The molecule has 1 aliphatic carbocycles. The van der Waals surface area contributed by atoms with E-state index in [1.807, 2.05) is 4.90 Å². The van der Waals surface area contributed by atoms with Crippen LogP contribution >= 0.6 is 0 Å². The van der Waals surface area contributed by atoms with E-state index in [9.17, 15) is 4.79 Å². The Morgan fingerprint density at radius 2 is 2.00 bits per heavy atom. The second-order valence-corrected chi connectivity index (χ2v) is 8.93. The molecule has 1 aromatic carbocycles. The molecular formula is C23H29N3O2. The summed E-state index contributed by atoms with van der Waals surface area (Å²) in [6.07, 6.45) is 8.35. The fourth-order valence-electron chi connectivity index (χ4n) is 5.08. The molecule has 2 saturated heterocycles. The van der Waals surface area contributed by atoms with Crippen LogP contribution in [0.25, 0.3) is 0 Å². The molecule has 28 heavy (non-hydrogen) atoms. The molecule has 1 aromatic heterocycles. The number of likely N-dealkylation sites (tertiary alicyclic amines) is 2. The molecule has 2 aliphatic heterocycles. The number of benzene rings is 1. The van der Waals surface area contributed by atoms with E-state index in [0.717, 1.165) is 57.6 Å². The summed E-state index contributed by atoms with van der Waals surface area (Å²) in [5, 5.41) is 0. The highest BCUT2D eigenvalue weighted by Crippen LogP contribution is 2.43. The van der Waals surface area contributed by atoms with Crippen molar-refractivity contribution in [3.05, 3.63) is 53.7 Å². The summed E-state index contributed by atoms with van der Waals surface area (Å²) in [6, 6.07) is 10.7. The van der Waals surface area contributed by atoms with Crippen LogP contribution in [0.1, 0.15) is 59.8 Å². The molecule has 0 unspecified atom stereocenters. The number of hydrogen-bond donors (Lipinski definition) is 0. The van der Waals surface area contributed by atoms with E-state index < -0.39 is 0 Å². The Bertz CT molecular complexity index is 829. The standard InChI is InChI=1S/C23H29N3O2/c27-22(20-21(19-7-8-19)28-17-24-20)26-14-11-23(16-26)10-4-12-25(15-23)13-9-18-5-2-1-3-6-18/h1-3,5-6,17,19H,4,7-16H2/t23-/m0/s1. The van der Waals surface area contributed by atoms with Gasteiger partial charge in [-0.15, -0.1) is 0 Å². The minimum absolute atomic E-state index is 0.0777. The second-order valence-electron chi connectivity index (χ2n) is 8.93. The van der Waals surface area contributed by atoms with Gasteiger partial charge in [0.25, 0.3) is 5.91 Å². The number of hydrogen-bond acceptors (Lipinski definition) is 4. The van der Waals surface area contributed by atoms with Gasteiger partial charge in [0.15, 0.2) is 12.1 Å². The van der Waals surface area contributed by atoms with Gasteiger partial charge >= 0.3 is 0 Å². The van der Waals surface area contributed by atoms with Crippen molar-refractivity contribution in [1.82, 2.24) is 14.8 Å². The van der Waals surface area contributed by atoms with Crippen LogP contribution in [0.15, 0.2) is 41.1 Å². The Labute approximate surface area is 166 Å². The third kappa shape index (κ3) is 3.60. The highest BCUT2D eigenvalue weighted by Gasteiger charge is 2.44. The Kier molecular flexibility index (Phi) is 4.71. The first-order valence-corrected chi connectivity index (χ1v) is 10.7. The van der Waals surface area contributed by atoms with E-state index in [-0.39, 0.29) is 11.3 Å². The number of aromatic nitrogens is 1. The van der Waals surface area contributed by atoms with E-state index in [4.69, 9.17) is 4.42 Å². The van der Waals surface area contributed by atoms with Gasteiger partial charge in [0, 0.05) is 37.5 Å². The molecule has 148 valence electrons. The first kappa shape index (κ1) is 17.9. The zero-order chi connectivity index (χ0) is 19.0. The van der Waals surface area contributed by atoms with Crippen LogP contribution < -0.4 is 0 Å². The van der Waals surface area contributed by atoms with Crippen LogP contribution in [0.5, 0.6) is 0 Å². The maximum atomic E-state index is 13.1. The van der Waals surface area contributed by atoms with Crippen molar-refractivity contribution in [2.24, 2.45) is 5.41 Å². The SMILES string of the molecule is O=C(c1ncoc1C1CC1)N1CC[C@]2(CCCN(CCc3ccccc3)C2)C1. The third-order valence-corrected chi connectivity index (χ3v) is 6.77. The van der Waals surface area contributed by atoms with E-state index in [0.29, 0.717) is 11.6 Å². The van der Waals surface area contributed by atoms with Crippen molar-refractivity contribution >= 4 is 5.91 Å². The predicted molar refractivity (Wildman–Crippen MR) is 107 cm³/mol. The number of carbonyl (C=O) groups excluding carboxylic acids is 1. The summed E-state index contributed by atoms with van der Waals surface area (Å²) in [4.78, 5) is 22.0. The van der Waals surface area contributed by atoms with E-state index in [1.165, 1.54) is 31.3 Å². The maximum Gasteiger partial charge on any atom is 0.276 e. The maximum absolute atomic E-state index is 13.1. The number of piperidine rings is 1. The van der Waals surface area contributed by atoms with E-state index >= 15 is 0 Å². The van der Waals surface area contributed by atoms with Gasteiger partial charge in [-0.3, -0.25) is 4.79 Å². The summed E-state index contributed by atoms with van der Waals surface area (Å²) in [5.74, 6) is 1.31. The fourth-order valence-corrected chi connectivity index (χ4v) is 5.08. The molecule has 1 amide bonds. The first-order valence-electron chi connectivity index (χ1n) is 10.7. The fraction of sp³-hybridized carbons (Fsp3) is 0.565. The van der Waals surface area contributed by atoms with Crippen LogP contribution in [0.4, 0.5) is 0 Å². The molecule has 3 fully saturated rings. The lowest BCUT2D eigenvalue weighted by Crippen LogP contribution is -2.46. The van der Waals surface area contributed by atoms with Crippen LogP contribution in [-0.4, -0.2) is 53.4 Å². The zero-order valence-corrected chi connectivity index (χ0v) is 16.5. The largest absolute Gasteiger partial charge is 0.447 e. The number of amides is 1. The van der Waals surface area contributed by atoms with E-state index in [1.54, 1.807) is 0 Å². The number of nitrogens with zero attached hydrogens (tertiary/aromatic N) is 3. The van der Waals surface area contributed by atoms with Crippen LogP contribution in [0, 0.1) is 5.41 Å². The van der Waals surface area contributed by atoms with Gasteiger partial charge in [0.1, 0.15) is 5.76 Å². The molecule has 1 saturated carbocycles. The predicted octanol–water partition coefficient (Wildman–Crippen LogP) is 3.72. The average molecular weight is 380 g/mol. The van der Waals surface area contributed by atoms with Crippen molar-refractivity contribution in [2.45, 2.75) is 44.4 Å². The number of oxazole rings is 1. The van der Waals surface area contributed by atoms with Crippen LogP contribution in [0.3, 0.4) is 0 Å². The van der Waals surface area contributed by atoms with Crippen molar-refractivity contribution < 1.29 is 9.21 Å². The number of rotatable bonds is 5. The molecule has 0 radical (unpaired) electrons. The summed E-state index contributed by atoms with van der Waals surface area (Å²) < 4.78 is 5.53. The van der Waals surface area contributed by atoms with Gasteiger partial charge in [0.05, 0.1) is 0 Å². The third-order valence-electron chi connectivity index (χ3n) is 6.77. The van der Waals surface area contributed by atoms with Gasteiger partial charge in [-0.1, -0.05) is 30.3 Å². The van der Waals surface area contributed by atoms with Crippen LogP contribution in [0.2, 0.25) is 0 Å². The van der Waals surface area contributed by atoms with Gasteiger partial charge < -0.3 is 14.2 Å². The smallest absolute Gasteiger partial charge is 0.276 e. The minimum Gasteiger partial charge on any atom is -0.447 e. The summed E-state index contributed by atoms with van der Waals surface area (Å²) in [6.45, 7) is 5.11. The van der Waals surface area contributed by atoms with Gasteiger partial charge in [-0.25, -0.2) is 4.98 Å². The Balaban J connectivity index is 1.21. The lowest BCUT2D eigenvalue weighted by atomic mass is 9.79. The topological polar surface area (TPSA) is 49.6 Å². The molecule has 5 rings (SSSR count). The molecule has 5 nitrogen and oxygen atoms in total. The lowest BCUT2D eigenvalue weighted by molar-refractivity contribution is 0.0686. The van der Waals surface area contributed by atoms with Crippen molar-refractivity contribution in [3.8, 4) is 0 Å². The van der Waals surface area contributed by atoms with Crippen LogP contribution in [-0.2, 0) is 6.42 Å². The second kappa shape index (κ2) is 7.36. The highest BCUT2D eigenvalue weighted by molar-refractivity contribution is 5.93. The van der Waals surface area contributed by atoms with Gasteiger partial charge in [-0.2, -0.15) is 0 Å². The van der Waals surface area contributed by atoms with E-state index in [2.05, 4.69) is 40.2 Å². The monoisotopic (exact) mass is 379 g/mol. The highest BCUT2D eigenvalue weighted by atomic mass is 16.3. The molecular weight excluding hydrogens is 350 g/mol. The Morgan fingerprint density at radius 1 is 1.14 bits per heavy atom. The zero-order valence-electron chi connectivity index (χ0n) is 16.5. The minimum atomic E-state index is 0.0777.